The summed E-state index contributed by atoms with van der Waals surface area (Å²) in [5, 5.41) is 20.3. The second-order valence-electron chi connectivity index (χ2n) is 6.22. The predicted octanol–water partition coefficient (Wildman–Crippen LogP) is 4.55. The fraction of sp³-hybridized carbons (Fsp3) is 0.150. The topological polar surface area (TPSA) is 94.7 Å². The van der Waals surface area contributed by atoms with Crippen molar-refractivity contribution in [2.24, 2.45) is 0 Å². The van der Waals surface area contributed by atoms with E-state index >= 15 is 0 Å². The Morgan fingerprint density at radius 1 is 1.19 bits per heavy atom. The molecule has 2 aromatic carbocycles. The summed E-state index contributed by atoms with van der Waals surface area (Å²) in [6.45, 7) is 0. The Hall–Kier alpha value is -3.61. The molecule has 0 bridgehead atoms. The lowest BCUT2D eigenvalue weighted by molar-refractivity contribution is -0.385. The van der Waals surface area contributed by atoms with E-state index in [1.807, 2.05) is 18.2 Å². The van der Waals surface area contributed by atoms with Crippen LogP contribution in [-0.4, -0.2) is 15.0 Å². The highest BCUT2D eigenvalue weighted by Gasteiger charge is 2.22. The minimum atomic E-state index is -0.504. The maximum Gasteiger partial charge on any atom is 0.287 e. The molecule has 7 nitrogen and oxygen atoms in total. The minimum absolute atomic E-state index is 0.0841. The number of aromatic hydroxyl groups is 1. The molecule has 3 aromatic rings. The van der Waals surface area contributed by atoms with Gasteiger partial charge in [0.1, 0.15) is 29.5 Å². The van der Waals surface area contributed by atoms with Gasteiger partial charge >= 0.3 is 0 Å². The molecule has 0 amide bonds. The summed E-state index contributed by atoms with van der Waals surface area (Å²) in [6, 6.07) is 15.4. The predicted molar refractivity (Wildman–Crippen MR) is 97.2 cm³/mol. The van der Waals surface area contributed by atoms with Gasteiger partial charge in [-0.15, -0.1) is 0 Å². The van der Waals surface area contributed by atoms with Gasteiger partial charge in [0.15, 0.2) is 0 Å². The molecule has 0 saturated carbocycles. The third-order valence-electron chi connectivity index (χ3n) is 4.37. The molecular weight excluding hydrogens is 348 g/mol. The molecule has 1 aromatic heterocycles. The monoisotopic (exact) mass is 364 g/mol. The molecule has 2 heterocycles. The number of phenolic OH excluding ortho intramolecular Hbond substituents is 1. The van der Waals surface area contributed by atoms with Gasteiger partial charge in [0.25, 0.3) is 5.69 Å². The van der Waals surface area contributed by atoms with Crippen molar-refractivity contribution in [1.29, 1.82) is 0 Å². The molecule has 1 aliphatic rings. The van der Waals surface area contributed by atoms with Crippen LogP contribution < -0.4 is 9.47 Å². The second kappa shape index (κ2) is 6.95. The van der Waals surface area contributed by atoms with Crippen molar-refractivity contribution in [3.05, 3.63) is 82.0 Å². The van der Waals surface area contributed by atoms with Crippen molar-refractivity contribution in [3.63, 3.8) is 0 Å². The molecule has 136 valence electrons. The van der Waals surface area contributed by atoms with Crippen LogP contribution in [0, 0.1) is 10.1 Å². The largest absolute Gasteiger partial charge is 0.508 e. The summed E-state index contributed by atoms with van der Waals surface area (Å²) in [7, 11) is 0. The smallest absolute Gasteiger partial charge is 0.287 e. The van der Waals surface area contributed by atoms with Crippen LogP contribution in [0.1, 0.15) is 23.7 Å². The van der Waals surface area contributed by atoms with Gasteiger partial charge in [0, 0.05) is 12.1 Å². The van der Waals surface area contributed by atoms with Gasteiger partial charge in [0.05, 0.1) is 4.92 Å². The van der Waals surface area contributed by atoms with E-state index in [0.717, 1.165) is 35.9 Å². The van der Waals surface area contributed by atoms with E-state index in [9.17, 15) is 15.2 Å². The van der Waals surface area contributed by atoms with Gasteiger partial charge in [0.2, 0.25) is 5.88 Å². The fourth-order valence-electron chi connectivity index (χ4n) is 3.05. The molecule has 1 N–H and O–H groups in total. The summed E-state index contributed by atoms with van der Waals surface area (Å²) in [5.41, 5.74) is 1.88. The molecule has 0 fully saturated rings. The maximum absolute atomic E-state index is 10.7. The van der Waals surface area contributed by atoms with Gasteiger partial charge in [-0.25, -0.2) is 4.98 Å². The number of ether oxygens (including phenoxy) is 2. The Balaban J connectivity index is 1.49. The Bertz CT molecular complexity index is 988. The van der Waals surface area contributed by atoms with Crippen LogP contribution in [0.2, 0.25) is 0 Å². The number of fused-ring (bicyclic) bond motifs is 1. The van der Waals surface area contributed by atoms with Gasteiger partial charge in [-0.05, 0) is 54.3 Å². The zero-order valence-electron chi connectivity index (χ0n) is 14.2. The fourth-order valence-corrected chi connectivity index (χ4v) is 3.05. The quantitative estimate of drug-likeness (QED) is 0.539. The first-order valence-electron chi connectivity index (χ1n) is 8.45. The van der Waals surface area contributed by atoms with Crippen LogP contribution >= 0.6 is 0 Å². The summed E-state index contributed by atoms with van der Waals surface area (Å²) < 4.78 is 11.7. The number of aromatic nitrogens is 1. The average molecular weight is 364 g/mol. The van der Waals surface area contributed by atoms with Crippen molar-refractivity contribution >= 4 is 5.69 Å². The third kappa shape index (κ3) is 3.67. The maximum atomic E-state index is 10.7. The number of nitro groups is 1. The molecule has 1 aliphatic heterocycles. The van der Waals surface area contributed by atoms with Crippen LogP contribution in [0.25, 0.3) is 0 Å². The average Bonchev–Trinajstić information content (AvgIpc) is 2.68. The first-order valence-corrected chi connectivity index (χ1v) is 8.45. The normalized spacial score (nSPS) is 15.5. The Labute approximate surface area is 155 Å². The highest BCUT2D eigenvalue weighted by Crippen LogP contribution is 2.38. The first-order chi connectivity index (χ1) is 13.1. The SMILES string of the molecule is O=[N+]([O-])c1ccc(Oc2ccc3c(c2)CCC(c2cccc(O)c2)O3)nc1. The van der Waals surface area contributed by atoms with E-state index in [2.05, 4.69) is 4.98 Å². The molecule has 0 aliphatic carbocycles. The van der Waals surface area contributed by atoms with E-state index in [-0.39, 0.29) is 23.4 Å². The molecule has 0 radical (unpaired) electrons. The van der Waals surface area contributed by atoms with Crippen LogP contribution in [0.15, 0.2) is 60.8 Å². The van der Waals surface area contributed by atoms with Gasteiger partial charge in [-0.3, -0.25) is 10.1 Å². The number of pyridine rings is 1. The lowest BCUT2D eigenvalue weighted by atomic mass is 9.97. The van der Waals surface area contributed by atoms with Crippen LogP contribution in [0.4, 0.5) is 5.69 Å². The van der Waals surface area contributed by atoms with Gasteiger partial charge in [-0.1, -0.05) is 12.1 Å². The second-order valence-corrected chi connectivity index (χ2v) is 6.22. The molecule has 4 rings (SSSR count). The van der Waals surface area contributed by atoms with E-state index in [1.165, 1.54) is 12.1 Å². The summed E-state index contributed by atoms with van der Waals surface area (Å²) >= 11 is 0. The molecule has 1 unspecified atom stereocenters. The standard InChI is InChI=1S/C20H16N2O5/c23-16-3-1-2-13(10-16)18-7-4-14-11-17(6-8-19(14)27-18)26-20-9-5-15(12-21-20)22(24)25/h1-3,5-6,8-12,18,23H,4,7H2. The number of nitrogens with zero attached hydrogens (tertiary/aromatic N) is 2. The highest BCUT2D eigenvalue weighted by atomic mass is 16.6. The van der Waals surface area contributed by atoms with Gasteiger partial charge in [-0.2, -0.15) is 0 Å². The summed E-state index contributed by atoms with van der Waals surface area (Å²) in [6.07, 6.45) is 2.65. The van der Waals surface area contributed by atoms with Crippen molar-refractivity contribution < 1.29 is 19.5 Å². The molecule has 7 heteroatoms. The van der Waals surface area contributed by atoms with E-state index in [1.54, 1.807) is 24.3 Å². The summed E-state index contributed by atoms with van der Waals surface area (Å²) in [5.74, 6) is 1.88. The van der Waals surface area contributed by atoms with Gasteiger partial charge < -0.3 is 14.6 Å². The number of benzene rings is 2. The Kier molecular flexibility index (Phi) is 4.33. The zero-order chi connectivity index (χ0) is 18.8. The van der Waals surface area contributed by atoms with E-state index in [0.29, 0.717) is 5.75 Å². The first kappa shape index (κ1) is 16.8. The lowest BCUT2D eigenvalue weighted by Crippen LogP contribution is -2.15. The molecule has 0 spiro atoms. The lowest BCUT2D eigenvalue weighted by Gasteiger charge is -2.26. The number of rotatable bonds is 4. The number of hydrogen-bond acceptors (Lipinski definition) is 6. The van der Waals surface area contributed by atoms with E-state index in [4.69, 9.17) is 9.47 Å². The molecule has 27 heavy (non-hydrogen) atoms. The van der Waals surface area contributed by atoms with Crippen molar-refractivity contribution in [3.8, 4) is 23.1 Å². The minimum Gasteiger partial charge on any atom is -0.508 e. The number of aryl methyl sites for hydroxylation is 1. The highest BCUT2D eigenvalue weighted by molar-refractivity contribution is 5.44. The Morgan fingerprint density at radius 3 is 2.81 bits per heavy atom. The van der Waals surface area contributed by atoms with Crippen LogP contribution in [0.5, 0.6) is 23.1 Å². The van der Waals surface area contributed by atoms with Crippen LogP contribution in [0.3, 0.4) is 0 Å². The third-order valence-corrected chi connectivity index (χ3v) is 4.37. The van der Waals surface area contributed by atoms with Crippen molar-refractivity contribution in [2.75, 3.05) is 0 Å². The molecule has 0 saturated heterocycles. The number of hydrogen-bond donors (Lipinski definition) is 1. The zero-order valence-corrected chi connectivity index (χ0v) is 14.2. The number of phenols is 1. The van der Waals surface area contributed by atoms with Crippen molar-refractivity contribution in [2.45, 2.75) is 18.9 Å². The van der Waals surface area contributed by atoms with Crippen molar-refractivity contribution in [1.82, 2.24) is 4.98 Å². The summed E-state index contributed by atoms with van der Waals surface area (Å²) in [4.78, 5) is 14.1. The van der Waals surface area contributed by atoms with Crippen LogP contribution in [-0.2, 0) is 6.42 Å². The Morgan fingerprint density at radius 2 is 2.07 bits per heavy atom. The van der Waals surface area contributed by atoms with E-state index < -0.39 is 4.92 Å². The molecule has 1 atom stereocenters. The molecular formula is C20H16N2O5.